The van der Waals surface area contributed by atoms with Crippen LogP contribution in [0.5, 0.6) is 5.75 Å². The lowest BCUT2D eigenvalue weighted by molar-refractivity contribution is -0.384. The van der Waals surface area contributed by atoms with E-state index in [1.165, 1.54) is 19.2 Å². The molecule has 0 bridgehead atoms. The zero-order valence-electron chi connectivity index (χ0n) is 17.1. The molecule has 3 rings (SSSR count). The second-order valence-corrected chi connectivity index (χ2v) is 6.99. The Morgan fingerprint density at radius 1 is 1.23 bits per heavy atom. The quantitative estimate of drug-likeness (QED) is 0.413. The number of benzene rings is 2. The van der Waals surface area contributed by atoms with Crippen molar-refractivity contribution in [3.05, 3.63) is 58.1 Å². The number of carbonyl (C=O) groups excluding carboxylic acids is 2. The molecule has 0 aromatic heterocycles. The van der Waals surface area contributed by atoms with Crippen molar-refractivity contribution in [1.82, 2.24) is 5.32 Å². The number of nitro groups is 1. The standard InChI is InChI=1S/C21H24N4O6/c1-30-16-5-2-4-14(10-16)23-21(27)18-11-15(25(28)29)7-8-19(18)24-20(26)13-22-12-17-6-3-9-31-17/h2,4-5,7-8,10-11,17,22H,3,6,9,12-13H2,1H3,(H,23,27)(H,24,26)/t17-/m0/s1. The van der Waals surface area contributed by atoms with E-state index in [0.29, 0.717) is 18.0 Å². The van der Waals surface area contributed by atoms with E-state index < -0.39 is 10.8 Å². The molecular weight excluding hydrogens is 404 g/mol. The monoisotopic (exact) mass is 428 g/mol. The Morgan fingerprint density at radius 2 is 2.06 bits per heavy atom. The predicted molar refractivity (Wildman–Crippen MR) is 115 cm³/mol. The molecular formula is C21H24N4O6. The van der Waals surface area contributed by atoms with Gasteiger partial charge in [-0.05, 0) is 31.0 Å². The first-order valence-corrected chi connectivity index (χ1v) is 9.82. The van der Waals surface area contributed by atoms with Gasteiger partial charge in [0.1, 0.15) is 5.75 Å². The minimum atomic E-state index is -0.600. The molecule has 1 atom stereocenters. The maximum Gasteiger partial charge on any atom is 0.270 e. The molecule has 3 N–H and O–H groups in total. The molecule has 2 aromatic rings. The van der Waals surface area contributed by atoms with E-state index in [4.69, 9.17) is 9.47 Å². The van der Waals surface area contributed by atoms with Crippen LogP contribution in [0.1, 0.15) is 23.2 Å². The number of methoxy groups -OCH3 is 1. The number of non-ortho nitro benzene ring substituents is 1. The van der Waals surface area contributed by atoms with Crippen molar-refractivity contribution in [2.45, 2.75) is 18.9 Å². The van der Waals surface area contributed by atoms with Crippen molar-refractivity contribution < 1.29 is 24.0 Å². The van der Waals surface area contributed by atoms with E-state index >= 15 is 0 Å². The first-order chi connectivity index (χ1) is 15.0. The maximum absolute atomic E-state index is 12.8. The molecule has 0 unspecified atom stereocenters. The van der Waals surface area contributed by atoms with Crippen molar-refractivity contribution in [3.8, 4) is 5.75 Å². The minimum absolute atomic E-state index is 0.0216. The van der Waals surface area contributed by atoms with Gasteiger partial charge in [-0.3, -0.25) is 19.7 Å². The molecule has 2 aromatic carbocycles. The summed E-state index contributed by atoms with van der Waals surface area (Å²) < 4.78 is 10.6. The number of carbonyl (C=O) groups is 2. The van der Waals surface area contributed by atoms with Gasteiger partial charge in [-0.25, -0.2) is 0 Å². The summed E-state index contributed by atoms with van der Waals surface area (Å²) in [6, 6.07) is 10.4. The molecule has 0 saturated carbocycles. The molecule has 1 fully saturated rings. The minimum Gasteiger partial charge on any atom is -0.497 e. The van der Waals surface area contributed by atoms with Crippen LogP contribution in [0.25, 0.3) is 0 Å². The van der Waals surface area contributed by atoms with E-state index in [9.17, 15) is 19.7 Å². The molecule has 1 aliphatic heterocycles. The Morgan fingerprint density at radius 3 is 2.77 bits per heavy atom. The molecule has 1 saturated heterocycles. The van der Waals surface area contributed by atoms with Crippen LogP contribution in [0.4, 0.5) is 17.1 Å². The fraction of sp³-hybridized carbons (Fsp3) is 0.333. The van der Waals surface area contributed by atoms with Crippen molar-refractivity contribution >= 4 is 28.9 Å². The molecule has 10 nitrogen and oxygen atoms in total. The van der Waals surface area contributed by atoms with Gasteiger partial charge in [-0.2, -0.15) is 0 Å². The number of ether oxygens (including phenoxy) is 2. The number of amides is 2. The van der Waals surface area contributed by atoms with E-state index in [-0.39, 0.29) is 35.5 Å². The molecule has 10 heteroatoms. The predicted octanol–water partition coefficient (Wildman–Crippen LogP) is 2.56. The van der Waals surface area contributed by atoms with E-state index in [1.54, 1.807) is 24.3 Å². The fourth-order valence-electron chi connectivity index (χ4n) is 3.19. The van der Waals surface area contributed by atoms with Gasteiger partial charge < -0.3 is 25.4 Å². The summed E-state index contributed by atoms with van der Waals surface area (Å²) in [7, 11) is 1.50. The maximum atomic E-state index is 12.8. The highest BCUT2D eigenvalue weighted by Gasteiger charge is 2.19. The number of nitrogens with zero attached hydrogens (tertiary/aromatic N) is 1. The lowest BCUT2D eigenvalue weighted by Crippen LogP contribution is -2.34. The summed E-state index contributed by atoms with van der Waals surface area (Å²) in [6.07, 6.45) is 2.05. The molecule has 0 radical (unpaired) electrons. The van der Waals surface area contributed by atoms with Crippen LogP contribution in [0, 0.1) is 10.1 Å². The number of nitro benzene ring substituents is 1. The number of rotatable bonds is 9. The first kappa shape index (κ1) is 22.2. The van der Waals surface area contributed by atoms with Crippen molar-refractivity contribution in [2.75, 3.05) is 37.4 Å². The third-order valence-electron chi connectivity index (χ3n) is 4.74. The zero-order valence-corrected chi connectivity index (χ0v) is 17.1. The molecule has 2 amide bonds. The van der Waals surface area contributed by atoms with Crippen LogP contribution in [-0.2, 0) is 9.53 Å². The van der Waals surface area contributed by atoms with Crippen LogP contribution < -0.4 is 20.7 Å². The first-order valence-electron chi connectivity index (χ1n) is 9.82. The Labute approximate surface area is 179 Å². The Bertz CT molecular complexity index is 959. The van der Waals surface area contributed by atoms with E-state index in [0.717, 1.165) is 25.5 Å². The second-order valence-electron chi connectivity index (χ2n) is 6.99. The lowest BCUT2D eigenvalue weighted by atomic mass is 10.1. The number of nitrogens with one attached hydrogen (secondary N) is 3. The smallest absolute Gasteiger partial charge is 0.270 e. The van der Waals surface area contributed by atoms with Crippen LogP contribution in [0.15, 0.2) is 42.5 Å². The van der Waals surface area contributed by atoms with Crippen molar-refractivity contribution in [2.24, 2.45) is 0 Å². The molecule has 1 heterocycles. The highest BCUT2D eigenvalue weighted by molar-refractivity contribution is 6.10. The van der Waals surface area contributed by atoms with Gasteiger partial charge in [0, 0.05) is 37.0 Å². The van der Waals surface area contributed by atoms with Crippen LogP contribution in [0.3, 0.4) is 0 Å². The average molecular weight is 428 g/mol. The summed E-state index contributed by atoms with van der Waals surface area (Å²) in [6.45, 7) is 1.30. The SMILES string of the molecule is COc1cccc(NC(=O)c2cc([N+](=O)[O-])ccc2NC(=O)CNC[C@@H]2CCCO2)c1. The number of anilines is 2. The second kappa shape index (κ2) is 10.5. The van der Waals surface area contributed by atoms with Crippen molar-refractivity contribution in [1.29, 1.82) is 0 Å². The molecule has 0 spiro atoms. The highest BCUT2D eigenvalue weighted by Crippen LogP contribution is 2.24. The molecule has 0 aliphatic carbocycles. The lowest BCUT2D eigenvalue weighted by Gasteiger charge is -2.13. The molecule has 31 heavy (non-hydrogen) atoms. The van der Waals surface area contributed by atoms with Gasteiger partial charge in [0.2, 0.25) is 5.91 Å². The Hall–Kier alpha value is -3.50. The zero-order chi connectivity index (χ0) is 22.2. The largest absolute Gasteiger partial charge is 0.497 e. The van der Waals surface area contributed by atoms with E-state index in [1.807, 2.05) is 0 Å². The van der Waals surface area contributed by atoms with Gasteiger partial charge >= 0.3 is 0 Å². The Kier molecular flexibility index (Phi) is 7.52. The van der Waals surface area contributed by atoms with Crippen LogP contribution in [0.2, 0.25) is 0 Å². The van der Waals surface area contributed by atoms with Gasteiger partial charge in [0.05, 0.1) is 35.9 Å². The van der Waals surface area contributed by atoms with Gasteiger partial charge in [-0.1, -0.05) is 6.07 Å². The summed E-state index contributed by atoms with van der Waals surface area (Å²) in [4.78, 5) is 35.7. The van der Waals surface area contributed by atoms with Crippen molar-refractivity contribution in [3.63, 3.8) is 0 Å². The summed E-state index contributed by atoms with van der Waals surface area (Å²) in [5, 5.41) is 19.5. The normalized spacial score (nSPS) is 15.3. The molecule has 164 valence electrons. The van der Waals surface area contributed by atoms with Gasteiger partial charge in [0.25, 0.3) is 11.6 Å². The van der Waals surface area contributed by atoms with Gasteiger partial charge in [-0.15, -0.1) is 0 Å². The summed E-state index contributed by atoms with van der Waals surface area (Å²) >= 11 is 0. The topological polar surface area (TPSA) is 132 Å². The highest BCUT2D eigenvalue weighted by atomic mass is 16.6. The summed E-state index contributed by atoms with van der Waals surface area (Å²) in [5.41, 5.74) is 0.344. The van der Waals surface area contributed by atoms with E-state index in [2.05, 4.69) is 16.0 Å². The Balaban J connectivity index is 1.70. The third-order valence-corrected chi connectivity index (χ3v) is 4.74. The van der Waals surface area contributed by atoms with Gasteiger partial charge in [0.15, 0.2) is 0 Å². The third kappa shape index (κ3) is 6.24. The number of hydrogen-bond donors (Lipinski definition) is 3. The average Bonchev–Trinajstić information content (AvgIpc) is 3.27. The number of hydrogen-bond acceptors (Lipinski definition) is 7. The fourth-order valence-corrected chi connectivity index (χ4v) is 3.19. The van der Waals surface area contributed by atoms with Crippen LogP contribution in [-0.4, -0.2) is 49.6 Å². The molecule has 1 aliphatic rings. The summed E-state index contributed by atoms with van der Waals surface area (Å²) in [5.74, 6) is -0.426. The van der Waals surface area contributed by atoms with Crippen LogP contribution >= 0.6 is 0 Å².